The van der Waals surface area contributed by atoms with Crippen LogP contribution in [-0.4, -0.2) is 35.0 Å². The highest BCUT2D eigenvalue weighted by Gasteiger charge is 2.40. The number of carbonyl (C=O) groups is 1. The third-order valence-corrected chi connectivity index (χ3v) is 3.32. The van der Waals surface area contributed by atoms with Crippen LogP contribution >= 0.6 is 0 Å². The molecule has 0 aliphatic carbocycles. The van der Waals surface area contributed by atoms with E-state index < -0.39 is 5.60 Å². The Morgan fingerprint density at radius 3 is 2.59 bits per heavy atom. The summed E-state index contributed by atoms with van der Waals surface area (Å²) in [4.78, 5) is 13.7. The van der Waals surface area contributed by atoms with Gasteiger partial charge in [-0.2, -0.15) is 0 Å². The lowest BCUT2D eigenvalue weighted by Gasteiger charge is -2.39. The quantitative estimate of drug-likeness (QED) is 0.805. The molecule has 1 N–H and O–H groups in total. The lowest BCUT2D eigenvalue weighted by molar-refractivity contribution is -0.144. The summed E-state index contributed by atoms with van der Waals surface area (Å²) >= 11 is 0. The summed E-state index contributed by atoms with van der Waals surface area (Å²) in [7, 11) is 1.86. The number of hydrogen-bond donors (Lipinski definition) is 1. The Morgan fingerprint density at radius 2 is 2.00 bits per heavy atom. The van der Waals surface area contributed by atoms with Gasteiger partial charge in [0.2, 0.25) is 0 Å². The summed E-state index contributed by atoms with van der Waals surface area (Å²) in [6, 6.07) is 6.07. The highest BCUT2D eigenvalue weighted by Crippen LogP contribution is 2.31. The molecule has 1 aliphatic rings. The summed E-state index contributed by atoms with van der Waals surface area (Å²) in [5, 5.41) is 9.87. The normalized spacial score (nSPS) is 30.6. The molecule has 2 rings (SSSR count). The van der Waals surface area contributed by atoms with Gasteiger partial charge in [0, 0.05) is 19.0 Å². The molecule has 2 atom stereocenters. The van der Waals surface area contributed by atoms with Crippen molar-refractivity contribution in [2.24, 2.45) is 0 Å². The van der Waals surface area contributed by atoms with Gasteiger partial charge in [-0.15, -0.1) is 0 Å². The third kappa shape index (κ3) is 2.37. The van der Waals surface area contributed by atoms with E-state index in [4.69, 9.17) is 0 Å². The number of benzene rings is 1. The fraction of sp³-hybridized carbons (Fsp3) is 0.462. The van der Waals surface area contributed by atoms with Crippen molar-refractivity contribution in [1.82, 2.24) is 4.90 Å². The Morgan fingerprint density at radius 1 is 1.41 bits per heavy atom. The largest absolute Gasteiger partial charge is 0.381 e. The molecule has 0 amide bonds. The lowest BCUT2D eigenvalue weighted by atomic mass is 9.86. The molecule has 0 radical (unpaired) electrons. The summed E-state index contributed by atoms with van der Waals surface area (Å²) in [5.41, 5.74) is -0.372. The van der Waals surface area contributed by atoms with E-state index in [0.717, 1.165) is 5.56 Å². The minimum atomic E-state index is -1.27. The van der Waals surface area contributed by atoms with Gasteiger partial charge in [-0.1, -0.05) is 12.1 Å². The predicted molar refractivity (Wildman–Crippen MR) is 62.0 cm³/mol. The van der Waals surface area contributed by atoms with Crippen molar-refractivity contribution in [3.8, 4) is 0 Å². The monoisotopic (exact) mass is 237 g/mol. The number of likely N-dealkylation sites (N-methyl/N-ethyl adjacent to an activating group) is 1. The Labute approximate surface area is 99.9 Å². The molecular weight excluding hydrogens is 221 g/mol. The molecule has 4 heteroatoms. The topological polar surface area (TPSA) is 40.5 Å². The van der Waals surface area contributed by atoms with E-state index in [-0.39, 0.29) is 24.1 Å². The number of Topliss-reactive ketones (excluding diaryl/α,β-unsaturated/α-hetero) is 1. The summed E-state index contributed by atoms with van der Waals surface area (Å²) in [6.07, 6.45) is 0.259. The van der Waals surface area contributed by atoms with E-state index in [1.54, 1.807) is 12.1 Å². The van der Waals surface area contributed by atoms with E-state index in [1.807, 2.05) is 11.9 Å². The Balaban J connectivity index is 2.23. The maximum absolute atomic E-state index is 12.8. The average Bonchev–Trinajstić information content (AvgIpc) is 2.24. The van der Waals surface area contributed by atoms with Gasteiger partial charge in [0.15, 0.2) is 5.78 Å². The van der Waals surface area contributed by atoms with Crippen molar-refractivity contribution in [3.63, 3.8) is 0 Å². The van der Waals surface area contributed by atoms with Gasteiger partial charge < -0.3 is 5.11 Å². The SMILES string of the molecule is CN1CC(C)(O)C(=O)CC1c1ccc(F)cc1. The summed E-state index contributed by atoms with van der Waals surface area (Å²) in [5.74, 6) is -0.449. The highest BCUT2D eigenvalue weighted by atomic mass is 19.1. The first-order valence-electron chi connectivity index (χ1n) is 5.61. The standard InChI is InChI=1S/C13H16FNO2/c1-13(17)8-15(2)11(7-12(13)16)9-3-5-10(14)6-4-9/h3-6,11,17H,7-8H2,1-2H3. The van der Waals surface area contributed by atoms with Crippen molar-refractivity contribution >= 4 is 5.78 Å². The van der Waals surface area contributed by atoms with Crippen LogP contribution in [0.25, 0.3) is 0 Å². The Kier molecular flexibility index (Phi) is 3.02. The van der Waals surface area contributed by atoms with Crippen molar-refractivity contribution in [2.45, 2.75) is 25.0 Å². The van der Waals surface area contributed by atoms with Gasteiger partial charge >= 0.3 is 0 Å². The number of halogens is 1. The van der Waals surface area contributed by atoms with Gasteiger partial charge in [0.05, 0.1) is 0 Å². The number of nitrogens with zero attached hydrogens (tertiary/aromatic N) is 1. The number of piperidine rings is 1. The molecule has 17 heavy (non-hydrogen) atoms. The zero-order valence-corrected chi connectivity index (χ0v) is 9.98. The van der Waals surface area contributed by atoms with Crippen molar-refractivity contribution in [2.75, 3.05) is 13.6 Å². The molecule has 1 heterocycles. The summed E-state index contributed by atoms with van der Waals surface area (Å²) < 4.78 is 12.8. The minimum absolute atomic E-state index is 0.0803. The van der Waals surface area contributed by atoms with Gasteiger partial charge in [-0.05, 0) is 31.7 Å². The molecule has 1 aromatic carbocycles. The predicted octanol–water partition coefficient (Wildman–Crippen LogP) is 1.52. The molecule has 0 spiro atoms. The van der Waals surface area contributed by atoms with E-state index in [9.17, 15) is 14.3 Å². The van der Waals surface area contributed by atoms with E-state index in [0.29, 0.717) is 6.54 Å². The van der Waals surface area contributed by atoms with Crippen molar-refractivity contribution in [1.29, 1.82) is 0 Å². The molecule has 0 saturated carbocycles. The number of carbonyl (C=O) groups excluding carboxylic acids is 1. The van der Waals surface area contributed by atoms with Crippen molar-refractivity contribution in [3.05, 3.63) is 35.6 Å². The maximum atomic E-state index is 12.8. The van der Waals surface area contributed by atoms with Crippen LogP contribution in [0.3, 0.4) is 0 Å². The van der Waals surface area contributed by atoms with Gasteiger partial charge in [0.25, 0.3) is 0 Å². The number of likely N-dealkylation sites (tertiary alicyclic amines) is 1. The first kappa shape index (κ1) is 12.2. The number of aliphatic hydroxyl groups is 1. The van der Waals surface area contributed by atoms with Gasteiger partial charge in [-0.3, -0.25) is 9.69 Å². The highest BCUT2D eigenvalue weighted by molar-refractivity contribution is 5.88. The molecule has 1 aliphatic heterocycles. The molecule has 1 saturated heterocycles. The average molecular weight is 237 g/mol. The van der Waals surface area contributed by atoms with Crippen LogP contribution in [0.15, 0.2) is 24.3 Å². The van der Waals surface area contributed by atoms with Crippen LogP contribution in [0.5, 0.6) is 0 Å². The molecular formula is C13H16FNO2. The zero-order valence-electron chi connectivity index (χ0n) is 9.98. The van der Waals surface area contributed by atoms with Crippen LogP contribution in [0, 0.1) is 5.82 Å². The fourth-order valence-corrected chi connectivity index (χ4v) is 2.29. The van der Waals surface area contributed by atoms with Crippen LogP contribution < -0.4 is 0 Å². The molecule has 1 aromatic rings. The van der Waals surface area contributed by atoms with E-state index in [1.165, 1.54) is 19.1 Å². The second-order valence-electron chi connectivity index (χ2n) is 4.88. The second-order valence-corrected chi connectivity index (χ2v) is 4.88. The Hall–Kier alpha value is -1.26. The van der Waals surface area contributed by atoms with Gasteiger partial charge in [0.1, 0.15) is 11.4 Å². The minimum Gasteiger partial charge on any atom is -0.381 e. The molecule has 92 valence electrons. The third-order valence-electron chi connectivity index (χ3n) is 3.32. The first-order chi connectivity index (χ1) is 7.90. The second kappa shape index (κ2) is 4.20. The van der Waals surface area contributed by atoms with Crippen LogP contribution in [0.2, 0.25) is 0 Å². The molecule has 3 nitrogen and oxygen atoms in total. The molecule has 0 aromatic heterocycles. The van der Waals surface area contributed by atoms with Gasteiger partial charge in [-0.25, -0.2) is 4.39 Å². The smallest absolute Gasteiger partial charge is 0.167 e. The number of ketones is 1. The lowest BCUT2D eigenvalue weighted by Crippen LogP contribution is -2.52. The number of rotatable bonds is 1. The van der Waals surface area contributed by atoms with Crippen LogP contribution in [-0.2, 0) is 4.79 Å². The zero-order chi connectivity index (χ0) is 12.6. The molecule has 2 unspecified atom stereocenters. The molecule has 0 bridgehead atoms. The van der Waals surface area contributed by atoms with Crippen LogP contribution in [0.1, 0.15) is 24.9 Å². The van der Waals surface area contributed by atoms with E-state index >= 15 is 0 Å². The van der Waals surface area contributed by atoms with Crippen molar-refractivity contribution < 1.29 is 14.3 Å². The molecule has 1 fully saturated rings. The number of hydrogen-bond acceptors (Lipinski definition) is 3. The summed E-state index contributed by atoms with van der Waals surface area (Å²) in [6.45, 7) is 1.83. The number of β-amino-alcohol motifs (C(OH)–C–C–N with tert-alkyl or cyclic N) is 1. The fourth-order valence-electron chi connectivity index (χ4n) is 2.29. The first-order valence-corrected chi connectivity index (χ1v) is 5.61. The maximum Gasteiger partial charge on any atom is 0.167 e. The van der Waals surface area contributed by atoms with E-state index in [2.05, 4.69) is 0 Å². The van der Waals surface area contributed by atoms with Crippen LogP contribution in [0.4, 0.5) is 4.39 Å². The Bertz CT molecular complexity index is 428.